The first-order valence-corrected chi connectivity index (χ1v) is 11.2. The lowest BCUT2D eigenvalue weighted by atomic mass is 10.2. The van der Waals surface area contributed by atoms with E-state index in [-0.39, 0.29) is 27.5 Å². The fourth-order valence-corrected chi connectivity index (χ4v) is 3.87. The van der Waals surface area contributed by atoms with E-state index in [0.717, 1.165) is 30.3 Å². The van der Waals surface area contributed by atoms with Crippen LogP contribution in [0.15, 0.2) is 77.7 Å². The van der Waals surface area contributed by atoms with Crippen LogP contribution in [-0.2, 0) is 19.6 Å². The third kappa shape index (κ3) is 5.92. The molecule has 34 heavy (non-hydrogen) atoms. The molecule has 3 aromatic rings. The van der Waals surface area contributed by atoms with Gasteiger partial charge in [0.05, 0.1) is 21.1 Å². The van der Waals surface area contributed by atoms with E-state index in [4.69, 9.17) is 4.74 Å². The fourth-order valence-electron chi connectivity index (χ4n) is 2.79. The van der Waals surface area contributed by atoms with Gasteiger partial charge >= 0.3 is 5.97 Å². The second-order valence-electron chi connectivity index (χ2n) is 6.95. The zero-order chi connectivity index (χ0) is 24.9. The highest BCUT2D eigenvalue weighted by atomic mass is 32.2. The minimum absolute atomic E-state index is 0.108. The number of hydrogen-bond donors (Lipinski definition) is 2. The third-order valence-electron chi connectivity index (χ3n) is 4.49. The van der Waals surface area contributed by atoms with Gasteiger partial charge in [0.2, 0.25) is 0 Å². The monoisotopic (exact) mass is 487 g/mol. The van der Waals surface area contributed by atoms with Crippen molar-refractivity contribution < 1.29 is 32.1 Å². The Balaban J connectivity index is 1.73. The molecule has 0 fully saturated rings. The lowest BCUT2D eigenvalue weighted by molar-refractivity contribution is -0.384. The average molecular weight is 487 g/mol. The van der Waals surface area contributed by atoms with E-state index in [9.17, 15) is 32.5 Å². The summed E-state index contributed by atoms with van der Waals surface area (Å²) in [6, 6.07) is 14.9. The van der Waals surface area contributed by atoms with Crippen molar-refractivity contribution in [1.29, 1.82) is 0 Å². The minimum Gasteiger partial charge on any atom is -0.449 e. The van der Waals surface area contributed by atoms with Gasteiger partial charge in [-0.2, -0.15) is 0 Å². The number of sulfonamides is 1. The van der Waals surface area contributed by atoms with E-state index in [0.29, 0.717) is 0 Å². The molecule has 1 atom stereocenters. The maximum Gasteiger partial charge on any atom is 0.341 e. The number of non-ortho nitro benzene ring substituents is 1. The van der Waals surface area contributed by atoms with Crippen molar-refractivity contribution in [3.63, 3.8) is 0 Å². The van der Waals surface area contributed by atoms with Crippen LogP contribution in [0.4, 0.5) is 21.5 Å². The maximum atomic E-state index is 13.1. The van der Waals surface area contributed by atoms with Gasteiger partial charge in [-0.25, -0.2) is 17.6 Å². The van der Waals surface area contributed by atoms with Crippen LogP contribution < -0.4 is 10.0 Å². The van der Waals surface area contributed by atoms with Gasteiger partial charge in [0.1, 0.15) is 5.82 Å². The van der Waals surface area contributed by atoms with Crippen molar-refractivity contribution in [3.05, 3.63) is 94.3 Å². The number of nitrogens with zero attached hydrogens (tertiary/aromatic N) is 1. The summed E-state index contributed by atoms with van der Waals surface area (Å²) in [5.74, 6) is -2.35. The number of hydrogen-bond acceptors (Lipinski definition) is 7. The highest BCUT2D eigenvalue weighted by Crippen LogP contribution is 2.22. The van der Waals surface area contributed by atoms with Crippen molar-refractivity contribution in [2.75, 3.05) is 10.0 Å². The number of nitrogens with one attached hydrogen (secondary N) is 2. The quantitative estimate of drug-likeness (QED) is 0.280. The summed E-state index contributed by atoms with van der Waals surface area (Å²) in [5, 5.41) is 13.3. The van der Waals surface area contributed by atoms with Gasteiger partial charge in [0.15, 0.2) is 6.10 Å². The Morgan fingerprint density at radius 2 is 1.71 bits per heavy atom. The van der Waals surface area contributed by atoms with Crippen LogP contribution in [0.2, 0.25) is 0 Å². The summed E-state index contributed by atoms with van der Waals surface area (Å²) in [7, 11) is -4.14. The number of carbonyl (C=O) groups excluding carboxylic acids is 2. The number of rotatable bonds is 8. The van der Waals surface area contributed by atoms with Crippen LogP contribution in [0.3, 0.4) is 0 Å². The molecule has 0 bridgehead atoms. The number of halogens is 1. The molecule has 0 saturated heterocycles. The number of nitro groups is 1. The molecule has 0 aliphatic rings. The summed E-state index contributed by atoms with van der Waals surface area (Å²) in [5.41, 5.74) is -0.370. The molecular weight excluding hydrogens is 469 g/mol. The van der Waals surface area contributed by atoms with Crippen LogP contribution in [-0.4, -0.2) is 31.3 Å². The molecule has 0 aromatic heterocycles. The van der Waals surface area contributed by atoms with Crippen molar-refractivity contribution in [2.24, 2.45) is 0 Å². The first kappa shape index (κ1) is 24.3. The Kier molecular flexibility index (Phi) is 7.21. The second kappa shape index (κ2) is 10.1. The summed E-state index contributed by atoms with van der Waals surface area (Å²) in [4.78, 5) is 35.1. The zero-order valence-electron chi connectivity index (χ0n) is 17.6. The van der Waals surface area contributed by atoms with E-state index < -0.39 is 38.7 Å². The van der Waals surface area contributed by atoms with Crippen LogP contribution in [0.5, 0.6) is 0 Å². The Hall–Kier alpha value is -4.32. The van der Waals surface area contributed by atoms with Gasteiger partial charge in [0, 0.05) is 17.8 Å². The number of amides is 1. The maximum absolute atomic E-state index is 13.1. The first-order valence-electron chi connectivity index (χ1n) is 9.70. The minimum atomic E-state index is -4.14. The van der Waals surface area contributed by atoms with Gasteiger partial charge in [0.25, 0.3) is 21.6 Å². The lowest BCUT2D eigenvalue weighted by Gasteiger charge is -2.16. The molecule has 12 heteroatoms. The average Bonchev–Trinajstić information content (AvgIpc) is 2.79. The zero-order valence-corrected chi connectivity index (χ0v) is 18.4. The summed E-state index contributed by atoms with van der Waals surface area (Å²) in [6.45, 7) is 1.29. The second-order valence-corrected chi connectivity index (χ2v) is 8.63. The lowest BCUT2D eigenvalue weighted by Crippen LogP contribution is -2.30. The van der Waals surface area contributed by atoms with Gasteiger partial charge in [-0.3, -0.25) is 19.6 Å². The summed E-state index contributed by atoms with van der Waals surface area (Å²) in [6.07, 6.45) is -1.31. The number of para-hydroxylation sites is 1. The number of ether oxygens (including phenoxy) is 1. The molecule has 3 aromatic carbocycles. The topological polar surface area (TPSA) is 145 Å². The van der Waals surface area contributed by atoms with E-state index in [1.54, 1.807) is 0 Å². The molecular formula is C22H18FN3O7S. The van der Waals surface area contributed by atoms with Gasteiger partial charge in [-0.1, -0.05) is 18.2 Å². The van der Waals surface area contributed by atoms with Gasteiger partial charge in [-0.15, -0.1) is 0 Å². The highest BCUT2D eigenvalue weighted by Gasteiger charge is 2.23. The van der Waals surface area contributed by atoms with Gasteiger partial charge in [-0.05, 0) is 49.4 Å². The Morgan fingerprint density at radius 1 is 1.03 bits per heavy atom. The first-order chi connectivity index (χ1) is 16.1. The Morgan fingerprint density at radius 3 is 2.38 bits per heavy atom. The molecule has 176 valence electrons. The number of nitro benzene ring substituents is 1. The number of esters is 1. The van der Waals surface area contributed by atoms with Crippen LogP contribution in [0.1, 0.15) is 17.3 Å². The van der Waals surface area contributed by atoms with Gasteiger partial charge < -0.3 is 10.1 Å². The molecule has 3 rings (SSSR count). The van der Waals surface area contributed by atoms with Crippen molar-refractivity contribution in [2.45, 2.75) is 17.9 Å². The predicted octanol–water partition coefficient (Wildman–Crippen LogP) is 3.72. The summed E-state index contributed by atoms with van der Waals surface area (Å²) >= 11 is 0. The molecule has 0 spiro atoms. The molecule has 1 unspecified atom stereocenters. The van der Waals surface area contributed by atoms with Crippen molar-refractivity contribution >= 4 is 39.0 Å². The molecule has 1 amide bonds. The molecule has 0 aliphatic heterocycles. The number of carbonyl (C=O) groups is 2. The van der Waals surface area contributed by atoms with Crippen LogP contribution in [0, 0.1) is 15.9 Å². The largest absolute Gasteiger partial charge is 0.449 e. The molecule has 0 radical (unpaired) electrons. The predicted molar refractivity (Wildman–Crippen MR) is 120 cm³/mol. The van der Waals surface area contributed by atoms with E-state index in [1.165, 1.54) is 49.4 Å². The standard InChI is InChI=1S/C22H18FN3O7S/c1-14(21(27)24-16-5-4-6-17(13-16)26(29)30)33-22(28)19-7-2-3-8-20(19)25-34(31,32)18-11-9-15(23)10-12-18/h2-14,25H,1H3,(H,24,27). The normalized spacial score (nSPS) is 11.8. The van der Waals surface area contributed by atoms with E-state index in [1.807, 2.05) is 0 Å². The van der Waals surface area contributed by atoms with Crippen LogP contribution in [0.25, 0.3) is 0 Å². The molecule has 10 nitrogen and oxygen atoms in total. The molecule has 2 N–H and O–H groups in total. The Labute approximate surface area is 193 Å². The molecule has 0 saturated carbocycles. The number of benzene rings is 3. The van der Waals surface area contributed by atoms with E-state index in [2.05, 4.69) is 10.0 Å². The molecule has 0 aliphatic carbocycles. The molecule has 0 heterocycles. The number of anilines is 2. The van der Waals surface area contributed by atoms with Crippen molar-refractivity contribution in [1.82, 2.24) is 0 Å². The fraction of sp³-hybridized carbons (Fsp3) is 0.0909. The SMILES string of the molecule is CC(OC(=O)c1ccccc1NS(=O)(=O)c1ccc(F)cc1)C(=O)Nc1cccc([N+](=O)[O-])c1. The Bertz CT molecular complexity index is 1340. The third-order valence-corrected chi connectivity index (χ3v) is 5.87. The smallest absolute Gasteiger partial charge is 0.341 e. The van der Waals surface area contributed by atoms with Crippen LogP contribution >= 0.6 is 0 Å². The van der Waals surface area contributed by atoms with Crippen molar-refractivity contribution in [3.8, 4) is 0 Å². The summed E-state index contributed by atoms with van der Waals surface area (Å²) < 4.78 is 45.7. The highest BCUT2D eigenvalue weighted by molar-refractivity contribution is 7.92. The van der Waals surface area contributed by atoms with E-state index >= 15 is 0 Å².